The number of ether oxygens (including phenoxy) is 2. The molecule has 0 spiro atoms. The second-order valence-corrected chi connectivity index (χ2v) is 7.96. The van der Waals surface area contributed by atoms with E-state index in [1.165, 1.54) is 0 Å². The molecule has 2 aromatic rings. The van der Waals surface area contributed by atoms with Crippen molar-refractivity contribution in [2.75, 3.05) is 6.61 Å². The first-order chi connectivity index (χ1) is 13.9. The zero-order valence-corrected chi connectivity index (χ0v) is 17.3. The molecule has 1 saturated heterocycles. The van der Waals surface area contributed by atoms with Crippen LogP contribution in [0.3, 0.4) is 0 Å². The monoisotopic (exact) mass is 395 g/mol. The highest BCUT2D eigenvalue weighted by molar-refractivity contribution is 5.92. The van der Waals surface area contributed by atoms with E-state index >= 15 is 0 Å². The number of amides is 1. The van der Waals surface area contributed by atoms with Crippen molar-refractivity contribution in [2.45, 2.75) is 52.0 Å². The van der Waals surface area contributed by atoms with Crippen molar-refractivity contribution in [3.05, 3.63) is 60.2 Å². The molecule has 1 aliphatic heterocycles. The number of carbonyl (C=O) groups excluding carboxylic acids is 2. The molecule has 5 nitrogen and oxygen atoms in total. The Labute approximate surface area is 172 Å². The molecule has 3 atom stereocenters. The quantitative estimate of drug-likeness (QED) is 0.739. The molecule has 29 heavy (non-hydrogen) atoms. The van der Waals surface area contributed by atoms with Gasteiger partial charge in [-0.25, -0.2) is 0 Å². The first-order valence-electron chi connectivity index (χ1n) is 10.1. The molecule has 1 amide bonds. The fourth-order valence-corrected chi connectivity index (χ4v) is 3.41. The van der Waals surface area contributed by atoms with Crippen LogP contribution in [-0.4, -0.2) is 36.5 Å². The van der Waals surface area contributed by atoms with Crippen molar-refractivity contribution in [2.24, 2.45) is 5.92 Å². The molecular formula is C24H29NO4. The molecule has 0 aliphatic carbocycles. The summed E-state index contributed by atoms with van der Waals surface area (Å²) in [5.41, 5.74) is 3.30. The maximum absolute atomic E-state index is 12.7. The lowest BCUT2D eigenvalue weighted by Gasteiger charge is -2.22. The van der Waals surface area contributed by atoms with Crippen LogP contribution in [0.25, 0.3) is 11.1 Å². The van der Waals surface area contributed by atoms with E-state index in [0.29, 0.717) is 18.9 Å². The van der Waals surface area contributed by atoms with Crippen LogP contribution in [0.4, 0.5) is 0 Å². The van der Waals surface area contributed by atoms with Gasteiger partial charge in [-0.15, -0.1) is 0 Å². The summed E-state index contributed by atoms with van der Waals surface area (Å²) in [7, 11) is 0. The minimum atomic E-state index is -0.607. The molecule has 0 saturated carbocycles. The molecule has 1 aliphatic rings. The summed E-state index contributed by atoms with van der Waals surface area (Å²) < 4.78 is 11.3. The van der Waals surface area contributed by atoms with Crippen LogP contribution in [0.15, 0.2) is 54.6 Å². The fourth-order valence-electron chi connectivity index (χ4n) is 3.41. The van der Waals surface area contributed by atoms with Gasteiger partial charge < -0.3 is 14.8 Å². The maximum atomic E-state index is 12.7. The topological polar surface area (TPSA) is 64.6 Å². The SMILES string of the molecule is CC(C)C[C@@H](OCc1ccc(-c2ccccc2)cc1)C(=O)N[C@@H]1C(=O)COC1C. The highest BCUT2D eigenvalue weighted by Crippen LogP contribution is 2.20. The maximum Gasteiger partial charge on any atom is 0.249 e. The Morgan fingerprint density at radius 1 is 1.10 bits per heavy atom. The van der Waals surface area contributed by atoms with Crippen molar-refractivity contribution < 1.29 is 19.1 Å². The minimum absolute atomic E-state index is 0.0512. The van der Waals surface area contributed by atoms with E-state index in [1.54, 1.807) is 6.92 Å². The Morgan fingerprint density at radius 3 is 2.34 bits per heavy atom. The predicted molar refractivity (Wildman–Crippen MR) is 112 cm³/mol. The lowest BCUT2D eigenvalue weighted by atomic mass is 10.0. The van der Waals surface area contributed by atoms with Crippen LogP contribution in [0.1, 0.15) is 32.8 Å². The fraction of sp³-hybridized carbons (Fsp3) is 0.417. The molecule has 0 aromatic heterocycles. The van der Waals surface area contributed by atoms with Crippen molar-refractivity contribution in [1.29, 1.82) is 0 Å². The number of carbonyl (C=O) groups is 2. The average Bonchev–Trinajstić information content (AvgIpc) is 3.04. The summed E-state index contributed by atoms with van der Waals surface area (Å²) >= 11 is 0. The van der Waals surface area contributed by atoms with Gasteiger partial charge in [0.05, 0.1) is 12.7 Å². The number of rotatable bonds is 8. The molecular weight excluding hydrogens is 366 g/mol. The standard InChI is InChI=1S/C24H29NO4/c1-16(2)13-22(24(27)25-23-17(3)28-15-21(23)26)29-14-18-9-11-20(12-10-18)19-7-5-4-6-8-19/h4-12,16-17,22-23H,13-15H2,1-3H3,(H,25,27)/t17?,22-,23+/m1/s1. The summed E-state index contributed by atoms with van der Waals surface area (Å²) in [6, 6.07) is 17.7. The van der Waals surface area contributed by atoms with Crippen LogP contribution in [0.5, 0.6) is 0 Å². The lowest BCUT2D eigenvalue weighted by Crippen LogP contribution is -2.48. The average molecular weight is 395 g/mol. The summed E-state index contributed by atoms with van der Waals surface area (Å²) in [6.07, 6.45) is -0.328. The number of nitrogens with one attached hydrogen (secondary N) is 1. The molecule has 5 heteroatoms. The Kier molecular flexibility index (Phi) is 7.18. The van der Waals surface area contributed by atoms with Gasteiger partial charge in [0.1, 0.15) is 18.8 Å². The largest absolute Gasteiger partial charge is 0.368 e. The Balaban J connectivity index is 1.61. The molecule has 0 radical (unpaired) electrons. The molecule has 1 fully saturated rings. The number of benzene rings is 2. The van der Waals surface area contributed by atoms with E-state index < -0.39 is 12.1 Å². The first-order valence-corrected chi connectivity index (χ1v) is 10.1. The van der Waals surface area contributed by atoms with Crippen molar-refractivity contribution in [3.63, 3.8) is 0 Å². The van der Waals surface area contributed by atoms with E-state index in [2.05, 4.69) is 29.6 Å². The summed E-state index contributed by atoms with van der Waals surface area (Å²) in [5, 5.41) is 2.81. The number of hydrogen-bond donors (Lipinski definition) is 1. The van der Waals surface area contributed by atoms with Gasteiger partial charge in [-0.3, -0.25) is 9.59 Å². The molecule has 3 rings (SSSR count). The van der Waals surface area contributed by atoms with E-state index in [0.717, 1.165) is 16.7 Å². The highest BCUT2D eigenvalue weighted by atomic mass is 16.5. The van der Waals surface area contributed by atoms with Gasteiger partial charge in [-0.2, -0.15) is 0 Å². The number of ketones is 1. The second kappa shape index (κ2) is 9.81. The molecule has 2 aromatic carbocycles. The van der Waals surface area contributed by atoms with Crippen LogP contribution in [-0.2, 0) is 25.7 Å². The van der Waals surface area contributed by atoms with Gasteiger partial charge in [-0.05, 0) is 36.0 Å². The lowest BCUT2D eigenvalue weighted by molar-refractivity contribution is -0.137. The van der Waals surface area contributed by atoms with Crippen molar-refractivity contribution in [1.82, 2.24) is 5.32 Å². The zero-order valence-electron chi connectivity index (χ0n) is 17.3. The van der Waals surface area contributed by atoms with Crippen LogP contribution in [0, 0.1) is 5.92 Å². The van der Waals surface area contributed by atoms with Gasteiger partial charge in [0.25, 0.3) is 0 Å². The van der Waals surface area contributed by atoms with Gasteiger partial charge in [-0.1, -0.05) is 68.4 Å². The first kappa shape index (κ1) is 21.2. The molecule has 1 N–H and O–H groups in total. The molecule has 1 heterocycles. The van der Waals surface area contributed by atoms with Gasteiger partial charge in [0.15, 0.2) is 5.78 Å². The summed E-state index contributed by atoms with van der Waals surface area (Å²) in [6.45, 7) is 6.28. The van der Waals surface area contributed by atoms with Crippen LogP contribution < -0.4 is 5.32 Å². The molecule has 1 unspecified atom stereocenters. The molecule has 154 valence electrons. The Bertz CT molecular complexity index is 817. The molecule has 0 bridgehead atoms. The number of hydrogen-bond acceptors (Lipinski definition) is 4. The van der Waals surface area contributed by atoms with Gasteiger partial charge >= 0.3 is 0 Å². The summed E-state index contributed by atoms with van der Waals surface area (Å²) in [4.78, 5) is 24.7. The normalized spacial score (nSPS) is 20.1. The highest BCUT2D eigenvalue weighted by Gasteiger charge is 2.35. The predicted octanol–water partition coefficient (Wildman–Crippen LogP) is 3.76. The van der Waals surface area contributed by atoms with E-state index in [4.69, 9.17) is 9.47 Å². The second-order valence-electron chi connectivity index (χ2n) is 7.96. The summed E-state index contributed by atoms with van der Waals surface area (Å²) in [5.74, 6) is -0.0555. The third-order valence-electron chi connectivity index (χ3n) is 5.09. The smallest absolute Gasteiger partial charge is 0.249 e. The van der Waals surface area contributed by atoms with E-state index in [1.807, 2.05) is 44.2 Å². The Hall–Kier alpha value is -2.50. The van der Waals surface area contributed by atoms with E-state index in [9.17, 15) is 9.59 Å². The van der Waals surface area contributed by atoms with Crippen LogP contribution in [0.2, 0.25) is 0 Å². The van der Waals surface area contributed by atoms with Crippen molar-refractivity contribution in [3.8, 4) is 11.1 Å². The third-order valence-corrected chi connectivity index (χ3v) is 5.09. The number of Topliss-reactive ketones (excluding diaryl/α,β-unsaturated/α-hetero) is 1. The van der Waals surface area contributed by atoms with Gasteiger partial charge in [0, 0.05) is 0 Å². The Morgan fingerprint density at radius 2 is 1.76 bits per heavy atom. The van der Waals surface area contributed by atoms with E-state index in [-0.39, 0.29) is 24.4 Å². The van der Waals surface area contributed by atoms with Crippen LogP contribution >= 0.6 is 0 Å². The third kappa shape index (κ3) is 5.75. The minimum Gasteiger partial charge on any atom is -0.368 e. The van der Waals surface area contributed by atoms with Crippen molar-refractivity contribution >= 4 is 11.7 Å². The zero-order chi connectivity index (χ0) is 20.8. The van der Waals surface area contributed by atoms with Gasteiger partial charge in [0.2, 0.25) is 5.91 Å².